The van der Waals surface area contributed by atoms with Crippen molar-refractivity contribution in [1.82, 2.24) is 14.2 Å². The summed E-state index contributed by atoms with van der Waals surface area (Å²) in [6.07, 6.45) is 1.18. The highest BCUT2D eigenvalue weighted by atomic mass is 35.5. The highest BCUT2D eigenvalue weighted by Crippen LogP contribution is 2.33. The molecule has 1 aliphatic heterocycles. The molecular formula is C23H28ClFN4O3S3. The number of carbonyl (C=O) groups excluding carboxylic acids is 1. The number of hydrogen-bond donors (Lipinski definition) is 0. The molecule has 0 radical (unpaired) electrons. The SMILES string of the molecule is CCN(CC)CCN(C(=O)C1CCCN(S(=O)(=O)c2ccc(Cl)s2)C1)c1nc2ccc(F)cc2s1. The van der Waals surface area contributed by atoms with E-state index < -0.39 is 15.9 Å². The van der Waals surface area contributed by atoms with E-state index in [1.54, 1.807) is 17.0 Å². The van der Waals surface area contributed by atoms with E-state index in [4.69, 9.17) is 11.6 Å². The van der Waals surface area contributed by atoms with Crippen molar-refractivity contribution in [3.8, 4) is 0 Å². The van der Waals surface area contributed by atoms with Crippen LogP contribution in [-0.2, 0) is 14.8 Å². The predicted octanol–water partition coefficient (Wildman–Crippen LogP) is 4.93. The third kappa shape index (κ3) is 5.86. The molecular weight excluding hydrogens is 531 g/mol. The second kappa shape index (κ2) is 11.2. The lowest BCUT2D eigenvalue weighted by atomic mass is 9.98. The van der Waals surface area contributed by atoms with Crippen LogP contribution >= 0.6 is 34.3 Å². The van der Waals surface area contributed by atoms with Gasteiger partial charge in [-0.1, -0.05) is 36.8 Å². The summed E-state index contributed by atoms with van der Waals surface area (Å²) >= 11 is 8.26. The number of fused-ring (bicyclic) bond motifs is 1. The van der Waals surface area contributed by atoms with Crippen molar-refractivity contribution in [3.05, 3.63) is 40.5 Å². The number of aromatic nitrogens is 1. The van der Waals surface area contributed by atoms with Crippen LogP contribution in [0.3, 0.4) is 0 Å². The van der Waals surface area contributed by atoms with Crippen LogP contribution in [0.15, 0.2) is 34.5 Å². The molecule has 0 N–H and O–H groups in total. The molecule has 0 aliphatic carbocycles. The summed E-state index contributed by atoms with van der Waals surface area (Å²) in [5.74, 6) is -0.995. The van der Waals surface area contributed by atoms with Gasteiger partial charge in [-0.3, -0.25) is 9.69 Å². The standard InChI is InChI=1S/C23H28ClFN4O3S3/c1-3-27(4-2)12-13-29(23-26-18-8-7-17(25)14-19(18)33-23)22(30)16-6-5-11-28(15-16)35(31,32)21-10-9-20(24)34-21/h7-10,14,16H,3-6,11-13,15H2,1-2H3. The van der Waals surface area contributed by atoms with Gasteiger partial charge in [-0.15, -0.1) is 11.3 Å². The van der Waals surface area contributed by atoms with Gasteiger partial charge in [0.05, 0.1) is 20.5 Å². The number of amides is 1. The molecule has 0 spiro atoms. The van der Waals surface area contributed by atoms with E-state index >= 15 is 0 Å². The normalized spacial score (nSPS) is 17.3. The Morgan fingerprint density at radius 2 is 1.97 bits per heavy atom. The van der Waals surface area contributed by atoms with Crippen molar-refractivity contribution in [3.63, 3.8) is 0 Å². The molecule has 1 aliphatic rings. The molecule has 35 heavy (non-hydrogen) atoms. The number of likely N-dealkylation sites (N-methyl/N-ethyl adjacent to an activating group) is 1. The number of sulfonamides is 1. The minimum atomic E-state index is -3.72. The van der Waals surface area contributed by atoms with Crippen molar-refractivity contribution in [1.29, 1.82) is 0 Å². The smallest absolute Gasteiger partial charge is 0.252 e. The molecule has 0 bridgehead atoms. The van der Waals surface area contributed by atoms with Crippen molar-refractivity contribution < 1.29 is 17.6 Å². The number of piperidine rings is 1. The molecule has 7 nitrogen and oxygen atoms in total. The summed E-state index contributed by atoms with van der Waals surface area (Å²) in [6, 6.07) is 7.46. The van der Waals surface area contributed by atoms with Gasteiger partial charge >= 0.3 is 0 Å². The van der Waals surface area contributed by atoms with E-state index in [1.807, 2.05) is 0 Å². The van der Waals surface area contributed by atoms with Crippen LogP contribution in [0.4, 0.5) is 9.52 Å². The minimum absolute atomic E-state index is 0.109. The molecule has 1 unspecified atom stereocenters. The second-order valence-electron chi connectivity index (χ2n) is 8.39. The molecule has 1 saturated heterocycles. The van der Waals surface area contributed by atoms with Gasteiger partial charge in [-0.05, 0) is 56.3 Å². The van der Waals surface area contributed by atoms with Crippen LogP contribution in [0.2, 0.25) is 4.34 Å². The zero-order valence-corrected chi connectivity index (χ0v) is 22.8. The van der Waals surface area contributed by atoms with E-state index in [9.17, 15) is 17.6 Å². The Balaban J connectivity index is 1.60. The summed E-state index contributed by atoms with van der Waals surface area (Å²) in [7, 11) is -3.72. The maximum atomic E-state index is 13.8. The van der Waals surface area contributed by atoms with Gasteiger partial charge in [-0.2, -0.15) is 4.31 Å². The second-order valence-corrected chi connectivity index (χ2v) is 13.3. The van der Waals surface area contributed by atoms with Crippen LogP contribution in [-0.4, -0.2) is 67.8 Å². The maximum absolute atomic E-state index is 13.8. The number of hydrogen-bond acceptors (Lipinski definition) is 7. The van der Waals surface area contributed by atoms with E-state index in [1.165, 1.54) is 33.8 Å². The number of rotatable bonds is 9. The molecule has 190 valence electrons. The summed E-state index contributed by atoms with van der Waals surface area (Å²) in [4.78, 5) is 22.3. The molecule has 1 fully saturated rings. The van der Waals surface area contributed by atoms with E-state index in [2.05, 4.69) is 23.7 Å². The molecule has 2 aromatic heterocycles. The van der Waals surface area contributed by atoms with Gasteiger partial charge in [0.1, 0.15) is 10.0 Å². The van der Waals surface area contributed by atoms with Crippen LogP contribution in [0.1, 0.15) is 26.7 Å². The Morgan fingerprint density at radius 3 is 2.66 bits per heavy atom. The molecule has 4 rings (SSSR count). The van der Waals surface area contributed by atoms with Gasteiger partial charge < -0.3 is 4.90 Å². The Kier molecular flexibility index (Phi) is 8.45. The fourth-order valence-corrected chi connectivity index (χ4v) is 8.41. The zero-order valence-electron chi connectivity index (χ0n) is 19.6. The molecule has 3 heterocycles. The van der Waals surface area contributed by atoms with Crippen LogP contribution in [0, 0.1) is 11.7 Å². The van der Waals surface area contributed by atoms with E-state index in [-0.39, 0.29) is 22.5 Å². The summed E-state index contributed by atoms with van der Waals surface area (Å²) in [6.45, 7) is 7.38. The van der Waals surface area contributed by atoms with Gasteiger partial charge in [0.25, 0.3) is 10.0 Å². The third-order valence-electron chi connectivity index (χ3n) is 6.25. The average Bonchev–Trinajstić information content (AvgIpc) is 3.48. The van der Waals surface area contributed by atoms with Crippen LogP contribution < -0.4 is 4.90 Å². The number of halogens is 2. The highest BCUT2D eigenvalue weighted by Gasteiger charge is 2.36. The van der Waals surface area contributed by atoms with Gasteiger partial charge in [-0.25, -0.2) is 17.8 Å². The summed E-state index contributed by atoms with van der Waals surface area (Å²) in [5, 5.41) is 0.507. The quantitative estimate of drug-likeness (QED) is 0.372. The zero-order chi connectivity index (χ0) is 25.2. The number of thiophene rings is 1. The lowest BCUT2D eigenvalue weighted by Crippen LogP contribution is -2.48. The van der Waals surface area contributed by atoms with Crippen LogP contribution in [0.5, 0.6) is 0 Å². The molecule has 0 saturated carbocycles. The Bertz CT molecular complexity index is 1290. The molecule has 1 atom stereocenters. The minimum Gasteiger partial charge on any atom is -0.302 e. The predicted molar refractivity (Wildman–Crippen MR) is 141 cm³/mol. The Hall–Kier alpha value is -1.63. The summed E-state index contributed by atoms with van der Waals surface area (Å²) in [5.41, 5.74) is 0.634. The van der Waals surface area contributed by atoms with E-state index in [0.29, 0.717) is 52.2 Å². The van der Waals surface area contributed by atoms with Crippen molar-refractivity contribution in [2.45, 2.75) is 30.9 Å². The lowest BCUT2D eigenvalue weighted by Gasteiger charge is -2.34. The Labute approximate surface area is 218 Å². The van der Waals surface area contributed by atoms with Crippen LogP contribution in [0.25, 0.3) is 10.2 Å². The van der Waals surface area contributed by atoms with E-state index in [0.717, 1.165) is 24.4 Å². The van der Waals surface area contributed by atoms with Gasteiger partial charge in [0, 0.05) is 26.2 Å². The number of thiazole rings is 1. The summed E-state index contributed by atoms with van der Waals surface area (Å²) < 4.78 is 42.7. The topological polar surface area (TPSA) is 73.8 Å². The largest absolute Gasteiger partial charge is 0.302 e. The van der Waals surface area contributed by atoms with Crippen molar-refractivity contribution in [2.75, 3.05) is 44.2 Å². The third-order valence-corrected chi connectivity index (χ3v) is 10.9. The molecule has 1 aromatic carbocycles. The maximum Gasteiger partial charge on any atom is 0.252 e. The molecule has 1 amide bonds. The molecule has 12 heteroatoms. The number of benzene rings is 1. The van der Waals surface area contributed by atoms with Gasteiger partial charge in [0.15, 0.2) is 5.13 Å². The molecule has 3 aromatic rings. The fourth-order valence-electron chi connectivity index (χ4n) is 4.23. The Morgan fingerprint density at radius 1 is 1.20 bits per heavy atom. The first kappa shape index (κ1) is 26.4. The number of nitrogens with zero attached hydrogens (tertiary/aromatic N) is 4. The highest BCUT2D eigenvalue weighted by molar-refractivity contribution is 7.91. The first-order valence-electron chi connectivity index (χ1n) is 11.6. The number of anilines is 1. The van der Waals surface area contributed by atoms with Crippen molar-refractivity contribution in [2.24, 2.45) is 5.92 Å². The lowest BCUT2D eigenvalue weighted by molar-refractivity contribution is -0.123. The number of carbonyl (C=O) groups is 1. The first-order valence-corrected chi connectivity index (χ1v) is 15.0. The first-order chi connectivity index (χ1) is 16.7. The van der Waals surface area contributed by atoms with Crippen molar-refractivity contribution >= 4 is 65.6 Å². The fraction of sp³-hybridized carbons (Fsp3) is 0.478. The average molecular weight is 559 g/mol. The van der Waals surface area contributed by atoms with Gasteiger partial charge in [0.2, 0.25) is 5.91 Å². The monoisotopic (exact) mass is 558 g/mol.